The zero-order valence-corrected chi connectivity index (χ0v) is 11.3. The minimum absolute atomic E-state index is 1.09. The lowest BCUT2D eigenvalue weighted by molar-refractivity contribution is 1.19. The fraction of sp³-hybridized carbons (Fsp3) is 0.500. The third-order valence-corrected chi connectivity index (χ3v) is 1.49. The van der Waals surface area contributed by atoms with E-state index >= 15 is 0 Å². The monoisotopic (exact) mass is 207 g/mol. The van der Waals surface area contributed by atoms with Crippen LogP contribution in [0.5, 0.6) is 0 Å². The van der Waals surface area contributed by atoms with E-state index in [9.17, 15) is 0 Å². The minimum Gasteiger partial charge on any atom is -0.261 e. The molecule has 1 heterocycles. The van der Waals surface area contributed by atoms with Crippen molar-refractivity contribution in [1.29, 1.82) is 0 Å². The van der Waals surface area contributed by atoms with E-state index in [1.54, 1.807) is 0 Å². The molecule has 0 amide bonds. The number of aromatic nitrogens is 1. The summed E-state index contributed by atoms with van der Waals surface area (Å²) < 4.78 is 0. The normalized spacial score (nSPS) is 7.67. The maximum Gasteiger partial charge on any atom is 0.0444 e. The van der Waals surface area contributed by atoms with Crippen LogP contribution in [0, 0.1) is 6.92 Å². The summed E-state index contributed by atoms with van der Waals surface area (Å²) in [5.74, 6) is 0. The SMILES string of the molecule is CC.CC.CC(C)=Cc1cccnc1C. The fourth-order valence-electron chi connectivity index (χ4n) is 0.960. The highest BCUT2D eigenvalue weighted by atomic mass is 14.7. The van der Waals surface area contributed by atoms with Gasteiger partial charge in [0.15, 0.2) is 0 Å². The molecule has 0 fully saturated rings. The maximum atomic E-state index is 4.19. The van der Waals surface area contributed by atoms with Crippen LogP contribution in [0.4, 0.5) is 0 Å². The first kappa shape index (κ1) is 16.3. The van der Waals surface area contributed by atoms with E-state index in [0.717, 1.165) is 5.69 Å². The molecule has 0 saturated carbocycles. The Hall–Kier alpha value is -1.11. The van der Waals surface area contributed by atoms with E-state index in [4.69, 9.17) is 0 Å². The first-order valence-corrected chi connectivity index (χ1v) is 5.76. The minimum atomic E-state index is 1.09. The Labute approximate surface area is 95.3 Å². The van der Waals surface area contributed by atoms with Gasteiger partial charge in [0, 0.05) is 11.9 Å². The standard InChI is InChI=1S/C10H13N.2C2H6/c1-8(2)7-10-5-4-6-11-9(10)3;2*1-2/h4-7H,1-3H3;2*1-2H3. The predicted octanol–water partition coefficient (Wildman–Crippen LogP) is 4.87. The molecule has 0 aromatic carbocycles. The summed E-state index contributed by atoms with van der Waals surface area (Å²) in [5, 5.41) is 0. The van der Waals surface area contributed by atoms with Crippen LogP contribution in [0.25, 0.3) is 6.08 Å². The Balaban J connectivity index is 0. The molecule has 0 spiro atoms. The van der Waals surface area contributed by atoms with E-state index in [1.165, 1.54) is 11.1 Å². The van der Waals surface area contributed by atoms with E-state index in [0.29, 0.717) is 0 Å². The van der Waals surface area contributed by atoms with Crippen LogP contribution >= 0.6 is 0 Å². The van der Waals surface area contributed by atoms with Gasteiger partial charge in [-0.3, -0.25) is 4.98 Å². The van der Waals surface area contributed by atoms with Crippen molar-refractivity contribution in [3.63, 3.8) is 0 Å². The van der Waals surface area contributed by atoms with Crippen molar-refractivity contribution in [2.45, 2.75) is 48.5 Å². The molecule has 1 aromatic rings. The van der Waals surface area contributed by atoms with Crippen molar-refractivity contribution in [3.8, 4) is 0 Å². The van der Waals surface area contributed by atoms with Crippen LogP contribution < -0.4 is 0 Å². The first-order valence-electron chi connectivity index (χ1n) is 5.76. The van der Waals surface area contributed by atoms with Gasteiger partial charge in [0.05, 0.1) is 0 Å². The lowest BCUT2D eigenvalue weighted by Crippen LogP contribution is -1.83. The Bertz CT molecular complexity index is 270. The molecule has 0 saturated heterocycles. The van der Waals surface area contributed by atoms with Crippen molar-refractivity contribution < 1.29 is 0 Å². The lowest BCUT2D eigenvalue weighted by Gasteiger charge is -1.97. The molecule has 1 rings (SSSR count). The van der Waals surface area contributed by atoms with Crippen LogP contribution in [0.15, 0.2) is 23.9 Å². The van der Waals surface area contributed by atoms with E-state index in [-0.39, 0.29) is 0 Å². The quantitative estimate of drug-likeness (QED) is 0.640. The average molecular weight is 207 g/mol. The number of aryl methyl sites for hydroxylation is 1. The first-order chi connectivity index (χ1) is 7.20. The van der Waals surface area contributed by atoms with Crippen LogP contribution in [-0.4, -0.2) is 4.98 Å². The number of hydrogen-bond donors (Lipinski definition) is 0. The summed E-state index contributed by atoms with van der Waals surface area (Å²) in [7, 11) is 0. The van der Waals surface area contributed by atoms with Gasteiger partial charge in [0.2, 0.25) is 0 Å². The van der Waals surface area contributed by atoms with Crippen molar-refractivity contribution in [2.24, 2.45) is 0 Å². The fourth-order valence-corrected chi connectivity index (χ4v) is 0.960. The second kappa shape index (κ2) is 11.0. The van der Waals surface area contributed by atoms with Gasteiger partial charge < -0.3 is 0 Å². The van der Waals surface area contributed by atoms with Crippen LogP contribution in [0.2, 0.25) is 0 Å². The van der Waals surface area contributed by atoms with Crippen molar-refractivity contribution in [3.05, 3.63) is 35.2 Å². The largest absolute Gasteiger partial charge is 0.261 e. The summed E-state index contributed by atoms with van der Waals surface area (Å²) in [5.41, 5.74) is 3.61. The molecular weight excluding hydrogens is 182 g/mol. The van der Waals surface area contributed by atoms with E-state index in [1.807, 2.05) is 46.9 Å². The smallest absolute Gasteiger partial charge is 0.0444 e. The maximum absolute atomic E-state index is 4.19. The van der Waals surface area contributed by atoms with Crippen LogP contribution in [-0.2, 0) is 0 Å². The highest BCUT2D eigenvalue weighted by Crippen LogP contribution is 2.08. The summed E-state index contributed by atoms with van der Waals surface area (Å²) in [6.45, 7) is 14.2. The molecule has 0 radical (unpaired) electrons. The zero-order valence-electron chi connectivity index (χ0n) is 11.3. The van der Waals surface area contributed by atoms with Gasteiger partial charge in [-0.05, 0) is 32.4 Å². The third-order valence-electron chi connectivity index (χ3n) is 1.49. The molecule has 0 unspecified atom stereocenters. The van der Waals surface area contributed by atoms with Gasteiger partial charge in [-0.2, -0.15) is 0 Å². The molecule has 0 aliphatic heterocycles. The summed E-state index contributed by atoms with van der Waals surface area (Å²) in [6.07, 6.45) is 3.96. The molecule has 0 bridgehead atoms. The summed E-state index contributed by atoms with van der Waals surface area (Å²) >= 11 is 0. The molecule has 1 nitrogen and oxygen atoms in total. The lowest BCUT2D eigenvalue weighted by atomic mass is 10.1. The van der Waals surface area contributed by atoms with Gasteiger partial charge in [-0.25, -0.2) is 0 Å². The molecule has 0 N–H and O–H groups in total. The molecular formula is C14H25N. The Kier molecular flexibility index (Phi) is 11.9. The molecule has 1 aromatic heterocycles. The number of rotatable bonds is 1. The molecule has 15 heavy (non-hydrogen) atoms. The van der Waals surface area contributed by atoms with Crippen molar-refractivity contribution in [1.82, 2.24) is 4.98 Å². The van der Waals surface area contributed by atoms with Crippen molar-refractivity contribution in [2.75, 3.05) is 0 Å². The number of hydrogen-bond acceptors (Lipinski definition) is 1. The summed E-state index contributed by atoms with van der Waals surface area (Å²) in [4.78, 5) is 4.19. The van der Waals surface area contributed by atoms with Gasteiger partial charge in [0.25, 0.3) is 0 Å². The van der Waals surface area contributed by atoms with Crippen molar-refractivity contribution >= 4 is 6.08 Å². The molecule has 0 atom stereocenters. The third kappa shape index (κ3) is 7.92. The second-order valence-corrected chi connectivity index (χ2v) is 2.90. The molecule has 1 heteroatoms. The second-order valence-electron chi connectivity index (χ2n) is 2.90. The summed E-state index contributed by atoms with van der Waals surface area (Å²) in [6, 6.07) is 4.04. The zero-order chi connectivity index (χ0) is 12.3. The topological polar surface area (TPSA) is 12.9 Å². The average Bonchev–Trinajstić information content (AvgIpc) is 2.27. The predicted molar refractivity (Wildman–Crippen MR) is 71.0 cm³/mol. The Morgan fingerprint density at radius 1 is 1.13 bits per heavy atom. The van der Waals surface area contributed by atoms with Crippen LogP contribution in [0.3, 0.4) is 0 Å². The Morgan fingerprint density at radius 2 is 1.67 bits per heavy atom. The molecule has 0 aliphatic carbocycles. The van der Waals surface area contributed by atoms with Gasteiger partial charge in [-0.1, -0.05) is 45.4 Å². The molecule has 0 aliphatic rings. The number of pyridine rings is 1. The highest BCUT2D eigenvalue weighted by molar-refractivity contribution is 5.53. The van der Waals surface area contributed by atoms with Gasteiger partial charge >= 0.3 is 0 Å². The van der Waals surface area contributed by atoms with Crippen LogP contribution in [0.1, 0.15) is 52.8 Å². The van der Waals surface area contributed by atoms with Gasteiger partial charge in [-0.15, -0.1) is 0 Å². The van der Waals surface area contributed by atoms with Gasteiger partial charge in [0.1, 0.15) is 0 Å². The number of nitrogens with zero attached hydrogens (tertiary/aromatic N) is 1. The van der Waals surface area contributed by atoms with E-state index in [2.05, 4.69) is 31.0 Å². The molecule has 86 valence electrons. The Morgan fingerprint density at radius 3 is 2.07 bits per heavy atom. The number of allylic oxidation sites excluding steroid dienone is 1. The highest BCUT2D eigenvalue weighted by Gasteiger charge is 1.91. The van der Waals surface area contributed by atoms with E-state index < -0.39 is 0 Å².